The van der Waals surface area contributed by atoms with Crippen molar-refractivity contribution in [3.63, 3.8) is 0 Å². The second-order valence-electron chi connectivity index (χ2n) is 7.49. The van der Waals surface area contributed by atoms with Gasteiger partial charge in [0.1, 0.15) is 17.9 Å². The summed E-state index contributed by atoms with van der Waals surface area (Å²) in [6.07, 6.45) is 4.03. The van der Waals surface area contributed by atoms with Crippen molar-refractivity contribution in [3.8, 4) is 34.2 Å². The van der Waals surface area contributed by atoms with E-state index in [-0.39, 0.29) is 0 Å². The van der Waals surface area contributed by atoms with Gasteiger partial charge in [0.15, 0.2) is 11.6 Å². The molecule has 0 radical (unpaired) electrons. The van der Waals surface area contributed by atoms with Gasteiger partial charge in [-0.1, -0.05) is 12.1 Å². The van der Waals surface area contributed by atoms with Crippen LogP contribution >= 0.6 is 0 Å². The molecule has 4 heterocycles. The van der Waals surface area contributed by atoms with E-state index in [4.69, 9.17) is 0 Å². The van der Waals surface area contributed by atoms with E-state index in [0.29, 0.717) is 28.7 Å². The van der Waals surface area contributed by atoms with Crippen molar-refractivity contribution in [2.24, 2.45) is 0 Å². The number of H-pyrrole nitrogens is 1. The summed E-state index contributed by atoms with van der Waals surface area (Å²) in [6, 6.07) is 11.3. The number of carbonyl (C=O) groups excluding carboxylic acids is 1. The number of imidazole rings is 2. The first-order valence-electron chi connectivity index (χ1n) is 10.4. The summed E-state index contributed by atoms with van der Waals surface area (Å²) in [5, 5.41) is 4.19. The number of amides is 2. The fourth-order valence-corrected chi connectivity index (χ4v) is 3.48. The van der Waals surface area contributed by atoms with Gasteiger partial charge < -0.3 is 15.6 Å². The van der Waals surface area contributed by atoms with Gasteiger partial charge in [0, 0.05) is 41.6 Å². The van der Waals surface area contributed by atoms with Gasteiger partial charge in [-0.2, -0.15) is 13.2 Å². The number of alkyl halides is 3. The lowest BCUT2D eigenvalue weighted by Crippen LogP contribution is -2.36. The van der Waals surface area contributed by atoms with Gasteiger partial charge in [-0.15, -0.1) is 0 Å². The number of hydrogen-bond donors (Lipinski definition) is 3. The predicted molar refractivity (Wildman–Crippen MR) is 122 cm³/mol. The highest BCUT2D eigenvalue weighted by atomic mass is 19.4. The van der Waals surface area contributed by atoms with Crippen LogP contribution in [0.2, 0.25) is 0 Å². The van der Waals surface area contributed by atoms with Crippen LogP contribution in [0.3, 0.4) is 0 Å². The van der Waals surface area contributed by atoms with Crippen LogP contribution in [0.5, 0.6) is 0 Å². The second kappa shape index (κ2) is 8.89. The predicted octanol–water partition coefficient (Wildman–Crippen LogP) is 4.53. The van der Waals surface area contributed by atoms with Gasteiger partial charge >= 0.3 is 12.2 Å². The number of fused-ring (bicyclic) bond motifs is 1. The summed E-state index contributed by atoms with van der Waals surface area (Å²) in [4.78, 5) is 32.4. The Hall–Kier alpha value is -4.74. The summed E-state index contributed by atoms with van der Waals surface area (Å²) in [6.45, 7) is -1.41. The normalized spacial score (nSPS) is 11.5. The summed E-state index contributed by atoms with van der Waals surface area (Å²) < 4.78 is 38.8. The van der Waals surface area contributed by atoms with Crippen LogP contribution in [0, 0.1) is 0 Å². The van der Waals surface area contributed by atoms with E-state index in [9.17, 15) is 18.0 Å². The molecule has 0 saturated carbocycles. The molecule has 35 heavy (non-hydrogen) atoms. The van der Waals surface area contributed by atoms with Crippen LogP contribution in [0.1, 0.15) is 0 Å². The first kappa shape index (κ1) is 22.1. The number of hydrogen-bond acceptors (Lipinski definition) is 5. The number of pyridine rings is 1. The zero-order valence-electron chi connectivity index (χ0n) is 17.9. The molecule has 0 atom stereocenters. The molecule has 2 amide bonds. The molecule has 3 N–H and O–H groups in total. The summed E-state index contributed by atoms with van der Waals surface area (Å²) in [5.74, 6) is 1.15. The van der Waals surface area contributed by atoms with Gasteiger partial charge in [-0.25, -0.2) is 24.7 Å². The monoisotopic (exact) mass is 478 g/mol. The van der Waals surface area contributed by atoms with Crippen molar-refractivity contribution in [3.05, 3.63) is 73.4 Å². The topological polar surface area (TPSA) is 113 Å². The molecule has 0 bridgehead atoms. The maximum Gasteiger partial charge on any atom is 0.405 e. The highest BCUT2D eigenvalue weighted by molar-refractivity contribution is 5.90. The van der Waals surface area contributed by atoms with E-state index in [0.717, 1.165) is 16.8 Å². The quantitative estimate of drug-likeness (QED) is 0.344. The van der Waals surface area contributed by atoms with Crippen LogP contribution in [-0.2, 0) is 0 Å². The van der Waals surface area contributed by atoms with Gasteiger partial charge in [-0.3, -0.25) is 4.40 Å². The molecule has 0 fully saturated rings. The number of anilines is 1. The van der Waals surface area contributed by atoms with Crippen LogP contribution < -0.4 is 10.6 Å². The number of benzene rings is 1. The minimum Gasteiger partial charge on any atom is -0.343 e. The molecule has 0 aliphatic heterocycles. The summed E-state index contributed by atoms with van der Waals surface area (Å²) in [7, 11) is 0. The highest BCUT2D eigenvalue weighted by Gasteiger charge is 2.27. The van der Waals surface area contributed by atoms with E-state index in [2.05, 4.69) is 30.2 Å². The van der Waals surface area contributed by atoms with Crippen molar-refractivity contribution in [2.75, 3.05) is 11.9 Å². The molecule has 12 heteroatoms. The Kier molecular flexibility index (Phi) is 5.61. The molecule has 0 saturated heterocycles. The van der Waals surface area contributed by atoms with E-state index < -0.39 is 18.8 Å². The molecule has 5 aromatic rings. The average molecular weight is 478 g/mol. The fraction of sp³-hybridized carbons (Fsp3) is 0.0870. The Bertz CT molecular complexity index is 1490. The van der Waals surface area contributed by atoms with Crippen molar-refractivity contribution in [2.45, 2.75) is 6.18 Å². The molecule has 176 valence electrons. The molecule has 1 aromatic carbocycles. The number of urea groups is 1. The molecule has 0 unspecified atom stereocenters. The third kappa shape index (κ3) is 4.95. The third-order valence-electron chi connectivity index (χ3n) is 5.03. The first-order chi connectivity index (χ1) is 16.9. The van der Waals surface area contributed by atoms with Crippen molar-refractivity contribution in [1.29, 1.82) is 0 Å². The van der Waals surface area contributed by atoms with Crippen LogP contribution in [0.15, 0.2) is 73.4 Å². The van der Waals surface area contributed by atoms with E-state index in [1.54, 1.807) is 54.4 Å². The van der Waals surface area contributed by atoms with Gasteiger partial charge in [0.05, 0.1) is 11.9 Å². The number of nitrogens with one attached hydrogen (secondary N) is 3. The zero-order valence-corrected chi connectivity index (χ0v) is 17.9. The number of aromatic nitrogens is 6. The summed E-state index contributed by atoms with van der Waals surface area (Å²) >= 11 is 0. The smallest absolute Gasteiger partial charge is 0.343 e. The minimum absolute atomic E-state index is 0.344. The van der Waals surface area contributed by atoms with Gasteiger partial charge in [0.2, 0.25) is 0 Å². The molecule has 0 aliphatic rings. The van der Waals surface area contributed by atoms with Crippen LogP contribution in [-0.4, -0.2) is 48.1 Å². The molecule has 9 nitrogen and oxygen atoms in total. The Morgan fingerprint density at radius 2 is 1.91 bits per heavy atom. The molecular weight excluding hydrogens is 461 g/mol. The molecule has 0 aliphatic carbocycles. The average Bonchev–Trinajstić information content (AvgIpc) is 3.53. The lowest BCUT2D eigenvalue weighted by atomic mass is 10.1. The van der Waals surface area contributed by atoms with E-state index in [1.165, 1.54) is 0 Å². The second-order valence-corrected chi connectivity index (χ2v) is 7.49. The zero-order chi connectivity index (χ0) is 24.4. The number of rotatable bonds is 5. The SMILES string of the molecule is O=C(NCC(F)(F)F)Nc1cccc(-c2cnc3cc(-c4nccc(-c5ncc[nH]5)n4)ccn23)c1. The fourth-order valence-electron chi connectivity index (χ4n) is 3.48. The van der Waals surface area contributed by atoms with Crippen molar-refractivity contribution < 1.29 is 18.0 Å². The molecule has 5 rings (SSSR count). The van der Waals surface area contributed by atoms with Crippen molar-refractivity contribution >= 4 is 17.4 Å². The van der Waals surface area contributed by atoms with E-state index in [1.807, 2.05) is 28.8 Å². The molecule has 0 spiro atoms. The van der Waals surface area contributed by atoms with Gasteiger partial charge in [-0.05, 0) is 30.3 Å². The van der Waals surface area contributed by atoms with Crippen LogP contribution in [0.25, 0.3) is 39.8 Å². The summed E-state index contributed by atoms with van der Waals surface area (Å²) in [5.41, 5.74) is 3.86. The molecule has 4 aromatic heterocycles. The van der Waals surface area contributed by atoms with Crippen molar-refractivity contribution in [1.82, 2.24) is 34.6 Å². The lowest BCUT2D eigenvalue weighted by Gasteiger charge is -2.11. The number of nitrogens with zero attached hydrogens (tertiary/aromatic N) is 5. The first-order valence-corrected chi connectivity index (χ1v) is 10.4. The molecular formula is C23H17F3N8O. The number of halogens is 3. The number of aromatic amines is 1. The standard InChI is InChI=1S/C23H17F3N8O/c24-23(25,26)13-31-22(35)32-16-3-1-2-14(10-16)18-12-30-19-11-15(5-9-34(18)19)20-27-6-4-17(33-20)21-28-7-8-29-21/h1-12H,13H2,(H,28,29)(H2,31,32,35). The number of carbonyl (C=O) groups is 1. The highest BCUT2D eigenvalue weighted by Crippen LogP contribution is 2.26. The third-order valence-corrected chi connectivity index (χ3v) is 5.03. The Morgan fingerprint density at radius 3 is 2.71 bits per heavy atom. The largest absolute Gasteiger partial charge is 0.405 e. The van der Waals surface area contributed by atoms with E-state index >= 15 is 0 Å². The minimum atomic E-state index is -4.49. The maximum absolute atomic E-state index is 12.3. The van der Waals surface area contributed by atoms with Crippen LogP contribution in [0.4, 0.5) is 23.7 Å². The Morgan fingerprint density at radius 1 is 1.03 bits per heavy atom. The Balaban J connectivity index is 1.39. The maximum atomic E-state index is 12.3. The van der Waals surface area contributed by atoms with Gasteiger partial charge in [0.25, 0.3) is 0 Å². The lowest BCUT2D eigenvalue weighted by molar-refractivity contribution is -0.122. The Labute approximate surface area is 196 Å².